The van der Waals surface area contributed by atoms with E-state index in [-0.39, 0.29) is 42.7 Å². The summed E-state index contributed by atoms with van der Waals surface area (Å²) in [5, 5.41) is 6.57. The van der Waals surface area contributed by atoms with Crippen LogP contribution in [0, 0.1) is 5.92 Å². The SMILES string of the molecule is COC(=O)[C@H](CCCCNC(=O)[C@H](Cc1c[nH]c2ccccc12)NC(=O)OC(C)(C)C)N(CC1CCCC1)S(=O)(=O)c1ccc(OC)cc1. The summed E-state index contributed by atoms with van der Waals surface area (Å²) in [6.45, 7) is 5.72. The van der Waals surface area contributed by atoms with E-state index in [1.54, 1.807) is 32.9 Å². The fourth-order valence-corrected chi connectivity index (χ4v) is 7.90. The Kier molecular flexibility index (Phi) is 13.1. The van der Waals surface area contributed by atoms with Gasteiger partial charge in [0.2, 0.25) is 15.9 Å². The number of nitrogens with zero attached hydrogens (tertiary/aromatic N) is 1. The summed E-state index contributed by atoms with van der Waals surface area (Å²) in [7, 11) is -1.28. The number of nitrogens with one attached hydrogen (secondary N) is 3. The number of benzene rings is 2. The van der Waals surface area contributed by atoms with Crippen LogP contribution in [-0.2, 0) is 35.5 Å². The molecule has 0 spiro atoms. The van der Waals surface area contributed by atoms with Gasteiger partial charge in [0.25, 0.3) is 0 Å². The lowest BCUT2D eigenvalue weighted by Gasteiger charge is -2.31. The van der Waals surface area contributed by atoms with Crippen molar-refractivity contribution in [1.82, 2.24) is 19.9 Å². The molecule has 2 aromatic carbocycles. The molecule has 1 fully saturated rings. The maximum Gasteiger partial charge on any atom is 0.408 e. The molecule has 1 saturated carbocycles. The van der Waals surface area contributed by atoms with Crippen LogP contribution in [0.15, 0.2) is 59.6 Å². The van der Waals surface area contributed by atoms with Crippen molar-refractivity contribution in [2.45, 2.75) is 94.7 Å². The highest BCUT2D eigenvalue weighted by Gasteiger charge is 2.38. The zero-order valence-electron chi connectivity index (χ0n) is 29.1. The van der Waals surface area contributed by atoms with Crippen LogP contribution in [-0.4, -0.2) is 80.7 Å². The van der Waals surface area contributed by atoms with Crippen LogP contribution < -0.4 is 15.4 Å². The first-order chi connectivity index (χ1) is 23.3. The molecule has 0 radical (unpaired) electrons. The van der Waals surface area contributed by atoms with E-state index in [1.807, 2.05) is 30.5 Å². The fourth-order valence-electron chi connectivity index (χ4n) is 6.22. The molecule has 0 aliphatic heterocycles. The normalized spacial score (nSPS) is 15.1. The Balaban J connectivity index is 1.43. The molecule has 1 aromatic heterocycles. The van der Waals surface area contributed by atoms with Crippen molar-refractivity contribution < 1.29 is 37.0 Å². The number of H-pyrrole nitrogens is 1. The molecular weight excluding hydrogens is 648 g/mol. The van der Waals surface area contributed by atoms with Crippen LogP contribution in [0.25, 0.3) is 10.9 Å². The number of alkyl carbamates (subject to hydrolysis) is 1. The van der Waals surface area contributed by atoms with E-state index >= 15 is 0 Å². The number of aromatic amines is 1. The third-order valence-corrected chi connectivity index (χ3v) is 10.6. The third-order valence-electron chi connectivity index (χ3n) is 8.71. The smallest absolute Gasteiger partial charge is 0.408 e. The number of unbranched alkanes of at least 4 members (excludes halogenated alkanes) is 1. The van der Waals surface area contributed by atoms with Crippen molar-refractivity contribution in [1.29, 1.82) is 0 Å². The van der Waals surface area contributed by atoms with E-state index in [0.717, 1.165) is 42.1 Å². The summed E-state index contributed by atoms with van der Waals surface area (Å²) >= 11 is 0. The minimum atomic E-state index is -4.05. The molecule has 268 valence electrons. The molecule has 4 rings (SSSR count). The van der Waals surface area contributed by atoms with Crippen LogP contribution in [0.3, 0.4) is 0 Å². The Bertz CT molecular complexity index is 1660. The average Bonchev–Trinajstić information content (AvgIpc) is 3.74. The first kappa shape index (κ1) is 37.7. The predicted octanol–water partition coefficient (Wildman–Crippen LogP) is 5.32. The summed E-state index contributed by atoms with van der Waals surface area (Å²) in [5.74, 6) is -0.339. The molecular formula is C36H50N4O8S. The summed E-state index contributed by atoms with van der Waals surface area (Å²) in [4.78, 5) is 42.5. The molecule has 0 saturated heterocycles. The number of hydrogen-bond acceptors (Lipinski definition) is 8. The molecule has 12 nitrogen and oxygen atoms in total. The monoisotopic (exact) mass is 698 g/mol. The van der Waals surface area contributed by atoms with Crippen molar-refractivity contribution in [3.8, 4) is 5.75 Å². The molecule has 49 heavy (non-hydrogen) atoms. The van der Waals surface area contributed by atoms with E-state index in [0.29, 0.717) is 18.6 Å². The van der Waals surface area contributed by atoms with E-state index in [2.05, 4.69) is 15.6 Å². The van der Waals surface area contributed by atoms with Gasteiger partial charge in [-0.25, -0.2) is 13.2 Å². The molecule has 3 aromatic rings. The van der Waals surface area contributed by atoms with Gasteiger partial charge in [0.15, 0.2) is 0 Å². The number of hydrogen-bond donors (Lipinski definition) is 3. The minimum Gasteiger partial charge on any atom is -0.497 e. The lowest BCUT2D eigenvalue weighted by molar-refractivity contribution is -0.145. The molecule has 1 aliphatic rings. The second-order valence-corrected chi connectivity index (χ2v) is 15.4. The maximum atomic E-state index is 14.0. The Morgan fingerprint density at radius 3 is 2.35 bits per heavy atom. The summed E-state index contributed by atoms with van der Waals surface area (Å²) < 4.78 is 45.0. The van der Waals surface area contributed by atoms with E-state index in [1.165, 1.54) is 30.7 Å². The Morgan fingerprint density at radius 2 is 1.69 bits per heavy atom. The van der Waals surface area contributed by atoms with Gasteiger partial charge >= 0.3 is 12.1 Å². The highest BCUT2D eigenvalue weighted by Crippen LogP contribution is 2.31. The number of carbonyl (C=O) groups excluding carboxylic acids is 3. The first-order valence-electron chi connectivity index (χ1n) is 16.9. The highest BCUT2D eigenvalue weighted by molar-refractivity contribution is 7.89. The van der Waals surface area contributed by atoms with Gasteiger partial charge in [-0.15, -0.1) is 0 Å². The molecule has 2 amide bonds. The largest absolute Gasteiger partial charge is 0.497 e. The molecule has 3 N–H and O–H groups in total. The molecule has 0 unspecified atom stereocenters. The van der Waals surface area contributed by atoms with Gasteiger partial charge in [-0.2, -0.15) is 4.31 Å². The van der Waals surface area contributed by atoms with Gasteiger partial charge in [-0.3, -0.25) is 9.59 Å². The predicted molar refractivity (Wildman–Crippen MR) is 187 cm³/mol. The number of ether oxygens (including phenoxy) is 3. The van der Waals surface area contributed by atoms with Crippen molar-refractivity contribution in [2.24, 2.45) is 5.92 Å². The maximum absolute atomic E-state index is 14.0. The lowest BCUT2D eigenvalue weighted by atomic mass is 10.0. The molecule has 2 atom stereocenters. The van der Waals surface area contributed by atoms with Crippen molar-refractivity contribution in [3.05, 3.63) is 60.3 Å². The second kappa shape index (κ2) is 17.0. The number of aromatic nitrogens is 1. The quantitative estimate of drug-likeness (QED) is 0.134. The van der Waals surface area contributed by atoms with Gasteiger partial charge in [0, 0.05) is 36.6 Å². The number of sulfonamides is 1. The lowest BCUT2D eigenvalue weighted by Crippen LogP contribution is -2.49. The highest BCUT2D eigenvalue weighted by atomic mass is 32.2. The van der Waals surface area contributed by atoms with E-state index in [9.17, 15) is 22.8 Å². The van der Waals surface area contributed by atoms with Crippen LogP contribution in [0.1, 0.15) is 71.3 Å². The van der Waals surface area contributed by atoms with Crippen molar-refractivity contribution >= 4 is 38.9 Å². The molecule has 13 heteroatoms. The van der Waals surface area contributed by atoms with Crippen LogP contribution in [0.2, 0.25) is 0 Å². The van der Waals surface area contributed by atoms with Crippen LogP contribution in [0.5, 0.6) is 5.75 Å². The summed E-state index contributed by atoms with van der Waals surface area (Å²) in [5.41, 5.74) is 1.05. The molecule has 1 heterocycles. The van der Waals surface area contributed by atoms with E-state index in [4.69, 9.17) is 14.2 Å². The number of para-hydroxylation sites is 1. The third kappa shape index (κ3) is 10.4. The fraction of sp³-hybridized carbons (Fsp3) is 0.528. The molecule has 0 bridgehead atoms. The Labute approximate surface area is 289 Å². The number of carbonyl (C=O) groups is 3. The summed E-state index contributed by atoms with van der Waals surface area (Å²) in [6, 6.07) is 11.9. The zero-order chi connectivity index (χ0) is 35.6. The standard InChI is InChI=1S/C36H50N4O8S/c1-36(2,3)48-35(43)39-31(22-26-23-38-30-15-9-8-14-29(26)30)33(41)37-21-11-10-16-32(34(42)47-5)40(24-25-12-6-7-13-25)49(44,45)28-19-17-27(46-4)18-20-28/h8-9,14-15,17-20,23,25,31-32,38H,6-7,10-13,16,21-22,24H2,1-5H3,(H,37,41)(H,39,43)/t31-,32-/m0/s1. The Hall–Kier alpha value is -4.10. The van der Waals surface area contributed by atoms with Crippen LogP contribution >= 0.6 is 0 Å². The Morgan fingerprint density at radius 1 is 1.00 bits per heavy atom. The van der Waals surface area contributed by atoms with Crippen molar-refractivity contribution in [3.63, 3.8) is 0 Å². The zero-order valence-corrected chi connectivity index (χ0v) is 29.9. The molecule has 1 aliphatic carbocycles. The van der Waals surface area contributed by atoms with Gasteiger partial charge in [0.05, 0.1) is 19.1 Å². The van der Waals surface area contributed by atoms with Gasteiger partial charge in [-0.05, 0) is 94.7 Å². The second-order valence-electron chi connectivity index (χ2n) is 13.5. The van der Waals surface area contributed by atoms with Crippen molar-refractivity contribution in [2.75, 3.05) is 27.3 Å². The first-order valence-corrected chi connectivity index (χ1v) is 18.3. The van der Waals surface area contributed by atoms with Gasteiger partial charge < -0.3 is 29.8 Å². The van der Waals surface area contributed by atoms with E-state index < -0.39 is 39.8 Å². The topological polar surface area (TPSA) is 156 Å². The summed E-state index contributed by atoms with van der Waals surface area (Å²) in [6.07, 6.45) is 6.30. The minimum absolute atomic E-state index is 0.0752. The van der Waals surface area contributed by atoms with Gasteiger partial charge in [0.1, 0.15) is 23.4 Å². The number of methoxy groups -OCH3 is 2. The number of rotatable bonds is 16. The average molecular weight is 699 g/mol. The number of amides is 2. The van der Waals surface area contributed by atoms with Crippen LogP contribution in [0.4, 0.5) is 4.79 Å². The number of fused-ring (bicyclic) bond motifs is 1. The number of esters is 1. The van der Waals surface area contributed by atoms with Gasteiger partial charge in [-0.1, -0.05) is 31.0 Å².